The van der Waals surface area contributed by atoms with Crippen molar-refractivity contribution in [3.8, 4) is 0 Å². The minimum absolute atomic E-state index is 0.0959. The Kier molecular flexibility index (Phi) is 7.28. The number of nitrogens with one attached hydrogen (secondary N) is 1. The molecule has 1 aliphatic rings. The number of carbonyl (C=O) groups excluding carboxylic acids is 3. The molecule has 1 aliphatic heterocycles. The molecular formula is C21H20BrN3O4S. The van der Waals surface area contributed by atoms with Crippen LogP contribution >= 0.6 is 27.7 Å². The van der Waals surface area contributed by atoms with E-state index < -0.39 is 11.2 Å². The zero-order valence-electron chi connectivity index (χ0n) is 16.4. The van der Waals surface area contributed by atoms with Crippen molar-refractivity contribution in [1.82, 2.24) is 4.90 Å². The molecule has 2 aromatic carbocycles. The van der Waals surface area contributed by atoms with Crippen molar-refractivity contribution in [3.05, 3.63) is 58.6 Å². The molecule has 0 bridgehead atoms. The molecule has 7 nitrogen and oxygen atoms in total. The number of esters is 1. The van der Waals surface area contributed by atoms with E-state index in [0.717, 1.165) is 4.47 Å². The van der Waals surface area contributed by atoms with Crippen LogP contribution in [0, 0.1) is 0 Å². The van der Waals surface area contributed by atoms with Crippen LogP contribution in [0.5, 0.6) is 0 Å². The number of anilines is 1. The number of ether oxygens (including phenoxy) is 1. The maximum absolute atomic E-state index is 12.7. The maximum Gasteiger partial charge on any atom is 0.337 e. The monoisotopic (exact) mass is 489 g/mol. The minimum atomic E-state index is -0.590. The topological polar surface area (TPSA) is 88.1 Å². The van der Waals surface area contributed by atoms with E-state index in [2.05, 4.69) is 26.2 Å². The van der Waals surface area contributed by atoms with E-state index in [4.69, 9.17) is 4.74 Å². The van der Waals surface area contributed by atoms with Gasteiger partial charge in [-0.25, -0.2) is 9.79 Å². The summed E-state index contributed by atoms with van der Waals surface area (Å²) in [6.07, 6.45) is 0.0959. The number of hydrogen-bond donors (Lipinski definition) is 1. The van der Waals surface area contributed by atoms with Crippen LogP contribution in [0.4, 0.5) is 11.4 Å². The summed E-state index contributed by atoms with van der Waals surface area (Å²) in [5, 5.41) is 2.71. The molecule has 2 amide bonds. The molecule has 1 heterocycles. The Labute approximate surface area is 187 Å². The first-order valence-corrected chi connectivity index (χ1v) is 10.9. The highest BCUT2D eigenvalue weighted by Crippen LogP contribution is 2.30. The van der Waals surface area contributed by atoms with Gasteiger partial charge in [-0.2, -0.15) is 0 Å². The Morgan fingerprint density at radius 1 is 1.27 bits per heavy atom. The van der Waals surface area contributed by atoms with E-state index in [1.165, 1.54) is 18.9 Å². The largest absolute Gasteiger partial charge is 0.465 e. The standard InChI is InChI=1S/C21H20BrN3O4S/c1-3-25-18(26)12-17(19(27)23-16-6-4-5-14(22)11-16)30-21(25)24-15-9-7-13(8-10-15)20(28)29-2/h4-11,17H,3,12H2,1-2H3,(H,23,27). The molecule has 0 spiro atoms. The van der Waals surface area contributed by atoms with Crippen LogP contribution in [0.2, 0.25) is 0 Å². The van der Waals surface area contributed by atoms with Crippen molar-refractivity contribution in [3.63, 3.8) is 0 Å². The lowest BCUT2D eigenvalue weighted by Crippen LogP contribution is -2.45. The van der Waals surface area contributed by atoms with Gasteiger partial charge in [-0.1, -0.05) is 33.8 Å². The molecule has 30 heavy (non-hydrogen) atoms. The highest BCUT2D eigenvalue weighted by molar-refractivity contribution is 9.10. The van der Waals surface area contributed by atoms with Gasteiger partial charge in [0.2, 0.25) is 11.8 Å². The Morgan fingerprint density at radius 3 is 2.63 bits per heavy atom. The van der Waals surface area contributed by atoms with Crippen molar-refractivity contribution in [2.75, 3.05) is 19.0 Å². The third-order valence-corrected chi connectivity index (χ3v) is 6.03. The summed E-state index contributed by atoms with van der Waals surface area (Å²) in [5.41, 5.74) is 1.63. The van der Waals surface area contributed by atoms with Crippen molar-refractivity contribution < 1.29 is 19.1 Å². The number of hydrogen-bond acceptors (Lipinski definition) is 6. The van der Waals surface area contributed by atoms with E-state index in [0.29, 0.717) is 28.7 Å². The molecule has 0 aromatic heterocycles. The molecule has 1 atom stereocenters. The third-order valence-electron chi connectivity index (χ3n) is 4.35. The van der Waals surface area contributed by atoms with E-state index in [1.54, 1.807) is 41.3 Å². The second-order valence-corrected chi connectivity index (χ2v) is 8.47. The van der Waals surface area contributed by atoms with E-state index in [1.807, 2.05) is 19.1 Å². The van der Waals surface area contributed by atoms with Gasteiger partial charge in [0.05, 0.1) is 18.4 Å². The quantitative estimate of drug-likeness (QED) is 0.635. The van der Waals surface area contributed by atoms with E-state index in [-0.39, 0.29) is 18.2 Å². The van der Waals surface area contributed by atoms with Gasteiger partial charge in [-0.3, -0.25) is 14.5 Å². The molecule has 0 radical (unpaired) electrons. The van der Waals surface area contributed by atoms with Gasteiger partial charge in [-0.15, -0.1) is 0 Å². The number of nitrogens with zero attached hydrogens (tertiary/aromatic N) is 2. The van der Waals surface area contributed by atoms with Crippen molar-refractivity contribution in [2.24, 2.45) is 4.99 Å². The number of amides is 2. The highest BCUT2D eigenvalue weighted by Gasteiger charge is 2.35. The number of thioether (sulfide) groups is 1. The molecule has 1 saturated heterocycles. The summed E-state index contributed by atoms with van der Waals surface area (Å²) in [7, 11) is 1.32. The summed E-state index contributed by atoms with van der Waals surface area (Å²) < 4.78 is 5.54. The molecule has 156 valence electrons. The number of carbonyl (C=O) groups is 3. The lowest BCUT2D eigenvalue weighted by Gasteiger charge is -2.30. The van der Waals surface area contributed by atoms with Gasteiger partial charge in [0.15, 0.2) is 5.17 Å². The summed E-state index contributed by atoms with van der Waals surface area (Å²) in [4.78, 5) is 43.0. The summed E-state index contributed by atoms with van der Waals surface area (Å²) >= 11 is 4.62. The van der Waals surface area contributed by atoms with Crippen molar-refractivity contribution >= 4 is 62.0 Å². The summed E-state index contributed by atoms with van der Waals surface area (Å²) in [6.45, 7) is 2.31. The van der Waals surface area contributed by atoms with Crippen LogP contribution in [-0.2, 0) is 14.3 Å². The molecule has 0 aliphatic carbocycles. The summed E-state index contributed by atoms with van der Waals surface area (Å²) in [6, 6.07) is 13.8. The van der Waals surface area contributed by atoms with Gasteiger partial charge in [0.25, 0.3) is 0 Å². The Hall–Kier alpha value is -2.65. The van der Waals surface area contributed by atoms with Crippen LogP contribution in [0.25, 0.3) is 0 Å². The lowest BCUT2D eigenvalue weighted by molar-refractivity contribution is -0.129. The first kappa shape index (κ1) is 22.0. The molecule has 3 rings (SSSR count). The molecule has 1 fully saturated rings. The van der Waals surface area contributed by atoms with Crippen molar-refractivity contribution in [1.29, 1.82) is 0 Å². The Balaban J connectivity index is 1.80. The average molecular weight is 490 g/mol. The van der Waals surface area contributed by atoms with Crippen LogP contribution in [0.1, 0.15) is 23.7 Å². The molecule has 1 N–H and O–H groups in total. The van der Waals surface area contributed by atoms with Gasteiger partial charge < -0.3 is 10.1 Å². The van der Waals surface area contributed by atoms with Gasteiger partial charge in [-0.05, 0) is 49.4 Å². The second-order valence-electron chi connectivity index (χ2n) is 6.38. The predicted molar refractivity (Wildman–Crippen MR) is 121 cm³/mol. The highest BCUT2D eigenvalue weighted by atomic mass is 79.9. The normalized spacial score (nSPS) is 17.7. The average Bonchev–Trinajstić information content (AvgIpc) is 2.73. The van der Waals surface area contributed by atoms with Gasteiger partial charge in [0.1, 0.15) is 5.25 Å². The molecule has 2 aromatic rings. The van der Waals surface area contributed by atoms with Crippen LogP contribution in [0.15, 0.2) is 58.0 Å². The van der Waals surface area contributed by atoms with Crippen LogP contribution in [-0.4, -0.2) is 46.8 Å². The third kappa shape index (κ3) is 5.28. The number of amidine groups is 1. The van der Waals surface area contributed by atoms with Crippen molar-refractivity contribution in [2.45, 2.75) is 18.6 Å². The summed E-state index contributed by atoms with van der Waals surface area (Å²) in [5.74, 6) is -0.845. The number of methoxy groups -OCH3 is 1. The molecule has 1 unspecified atom stereocenters. The molecule has 9 heteroatoms. The Bertz CT molecular complexity index is 994. The number of aliphatic imine (C=N–C) groups is 1. The smallest absolute Gasteiger partial charge is 0.337 e. The number of rotatable bonds is 5. The zero-order chi connectivity index (χ0) is 21.7. The van der Waals surface area contributed by atoms with E-state index >= 15 is 0 Å². The van der Waals surface area contributed by atoms with Crippen LogP contribution in [0.3, 0.4) is 0 Å². The number of halogens is 1. The van der Waals surface area contributed by atoms with Crippen LogP contribution < -0.4 is 5.32 Å². The first-order valence-electron chi connectivity index (χ1n) is 9.21. The SMILES string of the molecule is CCN1C(=O)CC(C(=O)Nc2cccc(Br)c2)SC1=Nc1ccc(C(=O)OC)cc1. The Morgan fingerprint density at radius 2 is 2.00 bits per heavy atom. The molecular weight excluding hydrogens is 470 g/mol. The zero-order valence-corrected chi connectivity index (χ0v) is 18.8. The minimum Gasteiger partial charge on any atom is -0.465 e. The fourth-order valence-electron chi connectivity index (χ4n) is 2.84. The fraction of sp³-hybridized carbons (Fsp3) is 0.238. The second kappa shape index (κ2) is 9.90. The number of benzene rings is 2. The first-order chi connectivity index (χ1) is 14.4. The predicted octanol–water partition coefficient (Wildman–Crippen LogP) is 4.22. The fourth-order valence-corrected chi connectivity index (χ4v) is 4.40. The van der Waals surface area contributed by atoms with Gasteiger partial charge >= 0.3 is 5.97 Å². The van der Waals surface area contributed by atoms with Gasteiger partial charge in [0, 0.05) is 23.1 Å². The maximum atomic E-state index is 12.7. The van der Waals surface area contributed by atoms with E-state index in [9.17, 15) is 14.4 Å². The molecule has 0 saturated carbocycles. The lowest BCUT2D eigenvalue weighted by atomic mass is 10.2.